The SMILES string of the molecule is Cn1nncc1C(N)c1cc(Cl)ccc1Br. The molecule has 1 unspecified atom stereocenters. The molecule has 0 saturated heterocycles. The lowest BCUT2D eigenvalue weighted by molar-refractivity contribution is 0.650. The lowest BCUT2D eigenvalue weighted by atomic mass is 10.1. The largest absolute Gasteiger partial charge is 0.319 e. The van der Waals surface area contributed by atoms with E-state index in [1.165, 1.54) is 0 Å². The Balaban J connectivity index is 2.45. The van der Waals surface area contributed by atoms with Crippen molar-refractivity contribution >= 4 is 27.5 Å². The zero-order chi connectivity index (χ0) is 11.7. The monoisotopic (exact) mass is 300 g/mol. The maximum atomic E-state index is 6.14. The molecule has 0 bridgehead atoms. The van der Waals surface area contributed by atoms with Crippen LogP contribution in [0.25, 0.3) is 0 Å². The molecule has 2 aromatic rings. The number of aromatic nitrogens is 3. The Bertz CT molecular complexity index is 511. The zero-order valence-electron chi connectivity index (χ0n) is 8.56. The summed E-state index contributed by atoms with van der Waals surface area (Å²) in [5, 5.41) is 8.32. The third-order valence-corrected chi connectivity index (χ3v) is 3.32. The van der Waals surface area contributed by atoms with E-state index in [0.717, 1.165) is 15.7 Å². The first-order valence-electron chi connectivity index (χ1n) is 4.64. The third-order valence-electron chi connectivity index (χ3n) is 2.36. The van der Waals surface area contributed by atoms with Crippen LogP contribution in [0, 0.1) is 0 Å². The van der Waals surface area contributed by atoms with Gasteiger partial charge in [-0.05, 0) is 23.8 Å². The summed E-state index contributed by atoms with van der Waals surface area (Å²) in [6, 6.07) is 5.22. The topological polar surface area (TPSA) is 56.7 Å². The Morgan fingerprint density at radius 1 is 1.50 bits per heavy atom. The minimum absolute atomic E-state index is 0.298. The molecule has 1 atom stereocenters. The minimum Gasteiger partial charge on any atom is -0.319 e. The summed E-state index contributed by atoms with van der Waals surface area (Å²) in [5.41, 5.74) is 7.89. The van der Waals surface area contributed by atoms with Gasteiger partial charge >= 0.3 is 0 Å². The highest BCUT2D eigenvalue weighted by molar-refractivity contribution is 9.10. The zero-order valence-corrected chi connectivity index (χ0v) is 10.9. The molecule has 0 aliphatic heterocycles. The number of halogens is 2. The highest BCUT2D eigenvalue weighted by Crippen LogP contribution is 2.28. The van der Waals surface area contributed by atoms with Crippen LogP contribution in [0.15, 0.2) is 28.9 Å². The van der Waals surface area contributed by atoms with Crippen LogP contribution in [-0.4, -0.2) is 15.0 Å². The van der Waals surface area contributed by atoms with E-state index in [1.807, 2.05) is 18.2 Å². The van der Waals surface area contributed by atoms with Crippen molar-refractivity contribution in [1.82, 2.24) is 15.0 Å². The number of nitrogens with two attached hydrogens (primary N) is 1. The summed E-state index contributed by atoms with van der Waals surface area (Å²) in [6.07, 6.45) is 1.65. The molecule has 6 heteroatoms. The minimum atomic E-state index is -0.298. The molecule has 2 N–H and O–H groups in total. The van der Waals surface area contributed by atoms with E-state index in [-0.39, 0.29) is 6.04 Å². The smallest absolute Gasteiger partial charge is 0.0796 e. The molecule has 0 spiro atoms. The number of rotatable bonds is 2. The molecule has 1 aromatic heterocycles. The molecule has 16 heavy (non-hydrogen) atoms. The molecule has 1 aromatic carbocycles. The predicted octanol–water partition coefficient (Wildman–Crippen LogP) is 2.28. The maximum absolute atomic E-state index is 6.14. The fraction of sp³-hybridized carbons (Fsp3) is 0.200. The number of hydrogen-bond acceptors (Lipinski definition) is 3. The van der Waals surface area contributed by atoms with Crippen molar-refractivity contribution in [2.24, 2.45) is 12.8 Å². The van der Waals surface area contributed by atoms with Crippen molar-refractivity contribution < 1.29 is 0 Å². The normalized spacial score (nSPS) is 12.8. The Hall–Kier alpha value is -0.910. The van der Waals surface area contributed by atoms with Crippen molar-refractivity contribution in [3.05, 3.63) is 45.1 Å². The van der Waals surface area contributed by atoms with Crippen LogP contribution >= 0.6 is 27.5 Å². The van der Waals surface area contributed by atoms with Crippen molar-refractivity contribution in [3.8, 4) is 0 Å². The second-order valence-corrected chi connectivity index (χ2v) is 4.72. The van der Waals surface area contributed by atoms with Crippen LogP contribution in [0.5, 0.6) is 0 Å². The average molecular weight is 302 g/mol. The van der Waals surface area contributed by atoms with E-state index in [2.05, 4.69) is 26.2 Å². The third kappa shape index (κ3) is 2.11. The molecular formula is C10H10BrClN4. The van der Waals surface area contributed by atoms with Gasteiger partial charge in [0.15, 0.2) is 0 Å². The van der Waals surface area contributed by atoms with Crippen molar-refractivity contribution in [2.75, 3.05) is 0 Å². The average Bonchev–Trinajstić information content (AvgIpc) is 2.67. The molecule has 1 heterocycles. The molecule has 0 amide bonds. The lowest BCUT2D eigenvalue weighted by Gasteiger charge is -2.13. The molecule has 84 valence electrons. The molecule has 0 aliphatic rings. The molecule has 0 fully saturated rings. The van der Waals surface area contributed by atoms with E-state index in [4.69, 9.17) is 17.3 Å². The second-order valence-electron chi connectivity index (χ2n) is 3.43. The summed E-state index contributed by atoms with van der Waals surface area (Å²) >= 11 is 9.40. The summed E-state index contributed by atoms with van der Waals surface area (Å²) in [6.45, 7) is 0. The van der Waals surface area contributed by atoms with Crippen molar-refractivity contribution in [3.63, 3.8) is 0 Å². The van der Waals surface area contributed by atoms with Gasteiger partial charge in [-0.25, -0.2) is 0 Å². The van der Waals surface area contributed by atoms with E-state index < -0.39 is 0 Å². The summed E-state index contributed by atoms with van der Waals surface area (Å²) in [7, 11) is 1.81. The predicted molar refractivity (Wildman–Crippen MR) is 66.2 cm³/mol. The Morgan fingerprint density at radius 2 is 2.25 bits per heavy atom. The summed E-state index contributed by atoms with van der Waals surface area (Å²) in [5.74, 6) is 0. The van der Waals surface area contributed by atoms with Crippen LogP contribution in [0.1, 0.15) is 17.3 Å². The van der Waals surface area contributed by atoms with E-state index in [9.17, 15) is 0 Å². The molecule has 0 aliphatic carbocycles. The summed E-state index contributed by atoms with van der Waals surface area (Å²) in [4.78, 5) is 0. The van der Waals surface area contributed by atoms with Gasteiger partial charge in [-0.1, -0.05) is 32.7 Å². The van der Waals surface area contributed by atoms with Gasteiger partial charge in [0.05, 0.1) is 17.9 Å². The van der Waals surface area contributed by atoms with E-state index in [0.29, 0.717) is 5.02 Å². The van der Waals surface area contributed by atoms with Gasteiger partial charge in [0.1, 0.15) is 0 Å². The summed E-state index contributed by atoms with van der Waals surface area (Å²) < 4.78 is 2.57. The first-order valence-corrected chi connectivity index (χ1v) is 5.82. The van der Waals surface area contributed by atoms with Crippen LogP contribution in [0.2, 0.25) is 5.02 Å². The standard InChI is InChI=1S/C10H10BrClN4/c1-16-9(5-14-15-16)10(13)7-4-6(12)2-3-8(7)11/h2-5,10H,13H2,1H3. The molecule has 2 rings (SSSR count). The van der Waals surface area contributed by atoms with Gasteiger partial charge in [-0.2, -0.15) is 0 Å². The van der Waals surface area contributed by atoms with Crippen molar-refractivity contribution in [2.45, 2.75) is 6.04 Å². The molecule has 0 radical (unpaired) electrons. The number of benzene rings is 1. The molecule has 4 nitrogen and oxygen atoms in total. The Kier molecular flexibility index (Phi) is 3.28. The fourth-order valence-corrected chi connectivity index (χ4v) is 2.17. The fourth-order valence-electron chi connectivity index (χ4n) is 1.49. The van der Waals surface area contributed by atoms with Gasteiger partial charge in [-0.3, -0.25) is 4.68 Å². The Labute approximate surface area is 107 Å². The first-order chi connectivity index (χ1) is 7.59. The molecule has 0 saturated carbocycles. The number of nitrogens with zero attached hydrogens (tertiary/aromatic N) is 3. The van der Waals surface area contributed by atoms with E-state index in [1.54, 1.807) is 17.9 Å². The highest BCUT2D eigenvalue weighted by Gasteiger charge is 2.16. The quantitative estimate of drug-likeness (QED) is 0.926. The van der Waals surface area contributed by atoms with E-state index >= 15 is 0 Å². The lowest BCUT2D eigenvalue weighted by Crippen LogP contribution is -2.16. The van der Waals surface area contributed by atoms with Crippen molar-refractivity contribution in [1.29, 1.82) is 0 Å². The van der Waals surface area contributed by atoms with Gasteiger partial charge in [0, 0.05) is 16.5 Å². The van der Waals surface area contributed by atoms with Gasteiger partial charge in [0.2, 0.25) is 0 Å². The van der Waals surface area contributed by atoms with Crippen LogP contribution in [-0.2, 0) is 7.05 Å². The highest BCUT2D eigenvalue weighted by atomic mass is 79.9. The van der Waals surface area contributed by atoms with Crippen LogP contribution in [0.4, 0.5) is 0 Å². The van der Waals surface area contributed by atoms with Crippen LogP contribution < -0.4 is 5.73 Å². The number of hydrogen-bond donors (Lipinski definition) is 1. The second kappa shape index (κ2) is 4.53. The van der Waals surface area contributed by atoms with Gasteiger partial charge < -0.3 is 5.73 Å². The Morgan fingerprint density at radius 3 is 2.88 bits per heavy atom. The first kappa shape index (κ1) is 11.6. The van der Waals surface area contributed by atoms with Gasteiger partial charge in [0.25, 0.3) is 0 Å². The number of aryl methyl sites for hydroxylation is 1. The van der Waals surface area contributed by atoms with Gasteiger partial charge in [-0.15, -0.1) is 5.10 Å². The van der Waals surface area contributed by atoms with Crippen LogP contribution in [0.3, 0.4) is 0 Å². The maximum Gasteiger partial charge on any atom is 0.0796 e. The molecular weight excluding hydrogens is 291 g/mol.